The highest BCUT2D eigenvalue weighted by Crippen LogP contribution is 2.17. The summed E-state index contributed by atoms with van der Waals surface area (Å²) >= 11 is 3.39. The van der Waals surface area contributed by atoms with E-state index in [1.54, 1.807) is 0 Å². The van der Waals surface area contributed by atoms with Gasteiger partial charge in [0.2, 0.25) is 11.7 Å². The van der Waals surface area contributed by atoms with Crippen LogP contribution in [0.2, 0.25) is 0 Å². The smallest absolute Gasteiger partial charge is 0.244 e. The predicted octanol–water partition coefficient (Wildman–Crippen LogP) is 3.54. The molecule has 2 aromatic carbocycles. The molecule has 0 spiro atoms. The van der Waals surface area contributed by atoms with Crippen LogP contribution in [0.4, 0.5) is 0 Å². The summed E-state index contributed by atoms with van der Waals surface area (Å²) in [6.45, 7) is 4.11. The molecule has 26 heavy (non-hydrogen) atoms. The highest BCUT2D eigenvalue weighted by molar-refractivity contribution is 9.10. The number of amides is 1. The lowest BCUT2D eigenvalue weighted by atomic mass is 10.1. The molecule has 1 unspecified atom stereocenters. The Morgan fingerprint density at radius 1 is 1.15 bits per heavy atom. The predicted molar refractivity (Wildman–Crippen MR) is 103 cm³/mol. The van der Waals surface area contributed by atoms with Crippen molar-refractivity contribution in [3.8, 4) is 11.4 Å². The van der Waals surface area contributed by atoms with E-state index < -0.39 is 0 Å². The van der Waals surface area contributed by atoms with E-state index >= 15 is 0 Å². The Morgan fingerprint density at radius 3 is 2.50 bits per heavy atom. The first-order valence-electron chi connectivity index (χ1n) is 8.47. The number of carbonyl (C=O) groups is 1. The summed E-state index contributed by atoms with van der Waals surface area (Å²) in [6, 6.07) is 15.8. The molecule has 0 bridgehead atoms. The van der Waals surface area contributed by atoms with Gasteiger partial charge < -0.3 is 5.32 Å². The summed E-state index contributed by atoms with van der Waals surface area (Å²) in [7, 11) is 0. The highest BCUT2D eigenvalue weighted by atomic mass is 79.9. The van der Waals surface area contributed by atoms with Gasteiger partial charge in [0.25, 0.3) is 0 Å². The first kappa shape index (κ1) is 18.3. The third kappa shape index (κ3) is 4.54. The van der Waals surface area contributed by atoms with Crippen LogP contribution >= 0.6 is 15.9 Å². The van der Waals surface area contributed by atoms with Gasteiger partial charge in [-0.1, -0.05) is 47.1 Å². The van der Waals surface area contributed by atoms with Crippen molar-refractivity contribution in [3.05, 3.63) is 64.1 Å². The SMILES string of the molecule is CCc1ccc(C(C)NC(=O)Cn2nnc(-c3ccc(Br)cc3)n2)cc1. The van der Waals surface area contributed by atoms with Gasteiger partial charge in [-0.3, -0.25) is 4.79 Å². The van der Waals surface area contributed by atoms with Crippen LogP contribution in [0.25, 0.3) is 11.4 Å². The van der Waals surface area contributed by atoms with Crippen molar-refractivity contribution in [2.75, 3.05) is 0 Å². The molecule has 1 heterocycles. The summed E-state index contributed by atoms with van der Waals surface area (Å²) in [5.41, 5.74) is 3.20. The van der Waals surface area contributed by atoms with Crippen molar-refractivity contribution in [1.82, 2.24) is 25.5 Å². The van der Waals surface area contributed by atoms with Gasteiger partial charge in [-0.05, 0) is 54.0 Å². The molecule has 0 saturated heterocycles. The molecule has 7 heteroatoms. The minimum atomic E-state index is -0.156. The van der Waals surface area contributed by atoms with Crippen molar-refractivity contribution >= 4 is 21.8 Å². The van der Waals surface area contributed by atoms with E-state index in [1.165, 1.54) is 10.4 Å². The molecule has 1 amide bonds. The fourth-order valence-corrected chi connectivity index (χ4v) is 2.83. The number of aromatic nitrogens is 4. The van der Waals surface area contributed by atoms with Gasteiger partial charge in [-0.15, -0.1) is 10.2 Å². The van der Waals surface area contributed by atoms with Gasteiger partial charge >= 0.3 is 0 Å². The van der Waals surface area contributed by atoms with Gasteiger partial charge in [0.05, 0.1) is 6.04 Å². The molecule has 0 aliphatic heterocycles. The minimum absolute atomic E-state index is 0.0287. The maximum absolute atomic E-state index is 12.3. The Morgan fingerprint density at radius 2 is 1.85 bits per heavy atom. The first-order valence-corrected chi connectivity index (χ1v) is 9.26. The summed E-state index contributed by atoms with van der Waals surface area (Å²) in [5.74, 6) is 0.338. The van der Waals surface area contributed by atoms with Crippen LogP contribution in [0.1, 0.15) is 31.0 Å². The summed E-state index contributed by atoms with van der Waals surface area (Å²) in [6.07, 6.45) is 1.000. The lowest BCUT2D eigenvalue weighted by Gasteiger charge is -2.14. The number of hydrogen-bond donors (Lipinski definition) is 1. The molecule has 0 radical (unpaired) electrons. The molecule has 134 valence electrons. The van der Waals surface area contributed by atoms with Crippen LogP contribution in [-0.2, 0) is 17.8 Å². The molecule has 0 aliphatic rings. The molecule has 3 aromatic rings. The van der Waals surface area contributed by atoms with Gasteiger partial charge in [0, 0.05) is 10.0 Å². The fourth-order valence-electron chi connectivity index (χ4n) is 2.57. The normalized spacial score (nSPS) is 12.0. The highest BCUT2D eigenvalue weighted by Gasteiger charge is 2.12. The lowest BCUT2D eigenvalue weighted by molar-refractivity contribution is -0.122. The van der Waals surface area contributed by atoms with Crippen LogP contribution in [-0.4, -0.2) is 26.1 Å². The average Bonchev–Trinajstić information content (AvgIpc) is 3.10. The molecule has 3 rings (SSSR count). The van der Waals surface area contributed by atoms with E-state index in [4.69, 9.17) is 0 Å². The molecule has 1 N–H and O–H groups in total. The number of nitrogens with one attached hydrogen (secondary N) is 1. The van der Waals surface area contributed by atoms with Crippen LogP contribution in [0.5, 0.6) is 0 Å². The van der Waals surface area contributed by atoms with E-state index in [-0.39, 0.29) is 18.5 Å². The van der Waals surface area contributed by atoms with Gasteiger partial charge in [-0.25, -0.2) is 0 Å². The standard InChI is InChI=1S/C19H20BrN5O/c1-3-14-4-6-15(7-5-14)13(2)21-18(26)12-25-23-19(22-24-25)16-8-10-17(20)11-9-16/h4-11,13H,3,12H2,1-2H3,(H,21,26). The number of hydrogen-bond acceptors (Lipinski definition) is 4. The monoisotopic (exact) mass is 413 g/mol. The molecular weight excluding hydrogens is 394 g/mol. The van der Waals surface area contributed by atoms with Crippen molar-refractivity contribution in [2.24, 2.45) is 0 Å². The number of aryl methyl sites for hydroxylation is 1. The van der Waals surface area contributed by atoms with Crippen LogP contribution in [0.3, 0.4) is 0 Å². The van der Waals surface area contributed by atoms with Crippen LogP contribution in [0.15, 0.2) is 53.0 Å². The molecule has 0 aliphatic carbocycles. The molecule has 0 saturated carbocycles. The molecule has 0 fully saturated rings. The second-order valence-electron chi connectivity index (χ2n) is 6.03. The third-order valence-corrected chi connectivity index (χ3v) is 4.63. The Balaban J connectivity index is 1.60. The number of halogens is 1. The molecular formula is C19H20BrN5O. The van der Waals surface area contributed by atoms with E-state index in [2.05, 4.69) is 55.7 Å². The minimum Gasteiger partial charge on any atom is -0.348 e. The largest absolute Gasteiger partial charge is 0.348 e. The van der Waals surface area contributed by atoms with E-state index in [1.807, 2.05) is 43.3 Å². The van der Waals surface area contributed by atoms with Crippen LogP contribution < -0.4 is 5.32 Å². The lowest BCUT2D eigenvalue weighted by Crippen LogP contribution is -2.30. The average molecular weight is 414 g/mol. The third-order valence-electron chi connectivity index (χ3n) is 4.11. The second-order valence-corrected chi connectivity index (χ2v) is 6.95. The van der Waals surface area contributed by atoms with E-state index in [0.29, 0.717) is 5.82 Å². The topological polar surface area (TPSA) is 72.7 Å². The summed E-state index contributed by atoms with van der Waals surface area (Å²) in [5, 5.41) is 15.2. The molecule has 6 nitrogen and oxygen atoms in total. The van der Waals surface area contributed by atoms with Gasteiger partial charge in [0.15, 0.2) is 0 Å². The quantitative estimate of drug-likeness (QED) is 0.670. The Hall–Kier alpha value is -2.54. The van der Waals surface area contributed by atoms with E-state index in [0.717, 1.165) is 22.0 Å². The molecule has 1 atom stereocenters. The molecule has 1 aromatic heterocycles. The number of carbonyl (C=O) groups excluding carboxylic acids is 1. The number of nitrogens with zero attached hydrogens (tertiary/aromatic N) is 4. The first-order chi connectivity index (χ1) is 12.5. The Bertz CT molecular complexity index is 874. The summed E-state index contributed by atoms with van der Waals surface area (Å²) in [4.78, 5) is 13.6. The maximum atomic E-state index is 12.3. The number of tetrazole rings is 1. The van der Waals surface area contributed by atoms with Gasteiger partial charge in [0.1, 0.15) is 6.54 Å². The van der Waals surface area contributed by atoms with Gasteiger partial charge in [-0.2, -0.15) is 4.80 Å². The zero-order valence-electron chi connectivity index (χ0n) is 14.7. The zero-order valence-corrected chi connectivity index (χ0v) is 16.3. The van der Waals surface area contributed by atoms with Crippen LogP contribution in [0, 0.1) is 0 Å². The van der Waals surface area contributed by atoms with Crippen molar-refractivity contribution < 1.29 is 4.79 Å². The van der Waals surface area contributed by atoms with E-state index in [9.17, 15) is 4.79 Å². The second kappa shape index (κ2) is 8.23. The Labute approximate surface area is 160 Å². The maximum Gasteiger partial charge on any atom is 0.244 e. The zero-order chi connectivity index (χ0) is 18.5. The Kier molecular flexibility index (Phi) is 5.78. The summed E-state index contributed by atoms with van der Waals surface area (Å²) < 4.78 is 0.981. The van der Waals surface area contributed by atoms with Crippen molar-refractivity contribution in [1.29, 1.82) is 0 Å². The number of rotatable bonds is 6. The van der Waals surface area contributed by atoms with Crippen molar-refractivity contribution in [3.63, 3.8) is 0 Å². The number of benzene rings is 2. The van der Waals surface area contributed by atoms with Crippen molar-refractivity contribution in [2.45, 2.75) is 32.9 Å². The fraction of sp³-hybridized carbons (Fsp3) is 0.263.